The van der Waals surface area contributed by atoms with Gasteiger partial charge in [0.05, 0.1) is 6.54 Å². The van der Waals surface area contributed by atoms with Gasteiger partial charge in [0.1, 0.15) is 9.53 Å². The van der Waals surface area contributed by atoms with E-state index in [0.717, 1.165) is 35.0 Å². The topological polar surface area (TPSA) is 46.8 Å². The molecule has 3 rings (SSSR count). The number of halogens is 1. The number of hydrogen-bond donors (Lipinski definition) is 0. The molecule has 0 radical (unpaired) electrons. The molecule has 0 unspecified atom stereocenters. The molecule has 3 heterocycles. The summed E-state index contributed by atoms with van der Waals surface area (Å²) >= 11 is 2.16. The largest absolute Gasteiger partial charge is 0.346 e. The second kappa shape index (κ2) is 4.00. The molecule has 0 atom stereocenters. The molecule has 1 aliphatic rings. The van der Waals surface area contributed by atoms with Gasteiger partial charge in [0.2, 0.25) is 0 Å². The zero-order chi connectivity index (χ0) is 11.0. The lowest BCUT2D eigenvalue weighted by Crippen LogP contribution is -2.34. The molecule has 0 aliphatic carbocycles. The van der Waals surface area contributed by atoms with Crippen LogP contribution in [0.1, 0.15) is 5.82 Å². The monoisotopic (exact) mass is 327 g/mol. The van der Waals surface area contributed by atoms with Crippen LogP contribution in [-0.2, 0) is 13.1 Å². The van der Waals surface area contributed by atoms with E-state index in [-0.39, 0.29) is 0 Å². The van der Waals surface area contributed by atoms with Gasteiger partial charge in [0.25, 0.3) is 0 Å². The quantitative estimate of drug-likeness (QED) is 0.741. The fraction of sp³-hybridized carbons (Fsp3) is 0.300. The summed E-state index contributed by atoms with van der Waals surface area (Å²) in [7, 11) is 0. The summed E-state index contributed by atoms with van der Waals surface area (Å²) in [6.45, 7) is 2.73. The molecule has 0 spiro atoms. The maximum absolute atomic E-state index is 4.32. The number of fused-ring (bicyclic) bond motifs is 1. The highest BCUT2D eigenvalue weighted by molar-refractivity contribution is 14.1. The second-order valence-electron chi connectivity index (χ2n) is 3.67. The van der Waals surface area contributed by atoms with E-state index in [9.17, 15) is 0 Å². The molecule has 6 heteroatoms. The van der Waals surface area contributed by atoms with Crippen LogP contribution in [0.5, 0.6) is 0 Å². The normalized spacial score (nSPS) is 14.9. The molecule has 0 N–H and O–H groups in total. The average molecular weight is 327 g/mol. The van der Waals surface area contributed by atoms with E-state index in [1.807, 2.05) is 24.5 Å². The first-order valence-electron chi connectivity index (χ1n) is 5.07. The molecule has 1 aliphatic heterocycles. The minimum Gasteiger partial charge on any atom is -0.346 e. The molecule has 82 valence electrons. The molecular formula is C10H10IN5. The van der Waals surface area contributed by atoms with Crippen molar-refractivity contribution in [1.29, 1.82) is 0 Å². The first-order valence-corrected chi connectivity index (χ1v) is 6.15. The van der Waals surface area contributed by atoms with Gasteiger partial charge in [-0.05, 0) is 34.7 Å². The summed E-state index contributed by atoms with van der Waals surface area (Å²) in [5.41, 5.74) is 0. The molecule has 16 heavy (non-hydrogen) atoms. The predicted molar refractivity (Wildman–Crippen MR) is 68.0 cm³/mol. The van der Waals surface area contributed by atoms with Gasteiger partial charge in [0.15, 0.2) is 5.82 Å². The first kappa shape index (κ1) is 10.0. The van der Waals surface area contributed by atoms with E-state index >= 15 is 0 Å². The maximum atomic E-state index is 4.32. The van der Waals surface area contributed by atoms with Crippen LogP contribution in [0.3, 0.4) is 0 Å². The second-order valence-corrected chi connectivity index (χ2v) is 4.78. The molecule has 0 saturated heterocycles. The predicted octanol–water partition coefficient (Wildman–Crippen LogP) is 1.30. The molecule has 0 amide bonds. The van der Waals surface area contributed by atoms with E-state index in [2.05, 4.69) is 47.2 Å². The van der Waals surface area contributed by atoms with Gasteiger partial charge in [-0.1, -0.05) is 0 Å². The van der Waals surface area contributed by atoms with Gasteiger partial charge in [-0.25, -0.2) is 4.98 Å². The molecule has 2 aromatic heterocycles. The Morgan fingerprint density at radius 2 is 2.12 bits per heavy atom. The Balaban J connectivity index is 1.86. The fourth-order valence-corrected chi connectivity index (χ4v) is 2.13. The minimum atomic E-state index is 0.808. The zero-order valence-corrected chi connectivity index (χ0v) is 10.7. The van der Waals surface area contributed by atoms with Gasteiger partial charge in [0, 0.05) is 25.5 Å². The van der Waals surface area contributed by atoms with Crippen LogP contribution in [0.2, 0.25) is 0 Å². The molecular weight excluding hydrogens is 317 g/mol. The Morgan fingerprint density at radius 3 is 2.94 bits per heavy atom. The highest BCUT2D eigenvalue weighted by Crippen LogP contribution is 2.17. The molecule has 0 bridgehead atoms. The van der Waals surface area contributed by atoms with Gasteiger partial charge < -0.3 is 9.47 Å². The first-order chi connectivity index (χ1) is 7.83. The molecule has 2 aromatic rings. The Bertz CT molecular complexity index is 492. The van der Waals surface area contributed by atoms with Crippen molar-refractivity contribution in [2.45, 2.75) is 13.1 Å². The SMILES string of the molecule is Ic1ccc(N2CCn3ccnc3C2)nn1. The highest BCUT2D eigenvalue weighted by Gasteiger charge is 2.17. The van der Waals surface area contributed by atoms with Crippen molar-refractivity contribution >= 4 is 28.4 Å². The fourth-order valence-electron chi connectivity index (χ4n) is 1.85. The molecule has 0 aromatic carbocycles. The Kier molecular flexibility index (Phi) is 2.50. The minimum absolute atomic E-state index is 0.808. The molecule has 5 nitrogen and oxygen atoms in total. The van der Waals surface area contributed by atoms with Crippen molar-refractivity contribution in [3.05, 3.63) is 34.1 Å². The van der Waals surface area contributed by atoms with Gasteiger partial charge in [-0.2, -0.15) is 0 Å². The number of imidazole rings is 1. The van der Waals surface area contributed by atoms with Crippen molar-refractivity contribution in [3.8, 4) is 0 Å². The van der Waals surface area contributed by atoms with Crippen LogP contribution in [0.15, 0.2) is 24.5 Å². The Hall–Kier alpha value is -1.18. The standard InChI is InChI=1S/C10H10IN5/c11-8-1-2-9(14-13-8)16-6-5-15-4-3-12-10(15)7-16/h1-4H,5-7H2. The maximum Gasteiger partial charge on any atom is 0.151 e. The lowest BCUT2D eigenvalue weighted by Gasteiger charge is -2.28. The van der Waals surface area contributed by atoms with Gasteiger partial charge in [-0.15, -0.1) is 10.2 Å². The highest BCUT2D eigenvalue weighted by atomic mass is 127. The average Bonchev–Trinajstić information content (AvgIpc) is 2.77. The van der Waals surface area contributed by atoms with Crippen molar-refractivity contribution in [1.82, 2.24) is 19.7 Å². The third-order valence-electron chi connectivity index (χ3n) is 2.69. The van der Waals surface area contributed by atoms with E-state index in [0.29, 0.717) is 0 Å². The van der Waals surface area contributed by atoms with Crippen molar-refractivity contribution in [2.75, 3.05) is 11.4 Å². The smallest absolute Gasteiger partial charge is 0.151 e. The zero-order valence-electron chi connectivity index (χ0n) is 8.54. The van der Waals surface area contributed by atoms with Crippen LogP contribution < -0.4 is 4.90 Å². The third kappa shape index (κ3) is 1.77. The summed E-state index contributed by atoms with van der Waals surface area (Å²) in [6.07, 6.45) is 3.87. The van der Waals surface area contributed by atoms with Crippen LogP contribution >= 0.6 is 22.6 Å². The number of nitrogens with zero attached hydrogens (tertiary/aromatic N) is 5. The van der Waals surface area contributed by atoms with Gasteiger partial charge >= 0.3 is 0 Å². The van der Waals surface area contributed by atoms with Crippen LogP contribution in [0.4, 0.5) is 5.82 Å². The van der Waals surface area contributed by atoms with E-state index in [1.54, 1.807) is 0 Å². The van der Waals surface area contributed by atoms with Gasteiger partial charge in [-0.3, -0.25) is 0 Å². The van der Waals surface area contributed by atoms with Crippen LogP contribution in [0.25, 0.3) is 0 Å². The third-order valence-corrected chi connectivity index (χ3v) is 3.26. The summed E-state index contributed by atoms with van der Waals surface area (Å²) < 4.78 is 3.09. The Labute approximate surface area is 107 Å². The van der Waals surface area contributed by atoms with Crippen molar-refractivity contribution in [2.24, 2.45) is 0 Å². The number of anilines is 1. The van der Waals surface area contributed by atoms with E-state index in [1.165, 1.54) is 0 Å². The number of rotatable bonds is 1. The van der Waals surface area contributed by atoms with E-state index < -0.39 is 0 Å². The summed E-state index contributed by atoms with van der Waals surface area (Å²) in [6, 6.07) is 3.98. The van der Waals surface area contributed by atoms with Crippen LogP contribution in [-0.4, -0.2) is 26.3 Å². The summed E-state index contributed by atoms with van der Waals surface area (Å²) in [5, 5.41) is 8.26. The van der Waals surface area contributed by atoms with Crippen LogP contribution in [0, 0.1) is 3.70 Å². The number of hydrogen-bond acceptors (Lipinski definition) is 4. The lowest BCUT2D eigenvalue weighted by atomic mass is 10.3. The van der Waals surface area contributed by atoms with E-state index in [4.69, 9.17) is 0 Å². The summed E-state index contributed by atoms with van der Waals surface area (Å²) in [5.74, 6) is 2.02. The Morgan fingerprint density at radius 1 is 1.19 bits per heavy atom. The van der Waals surface area contributed by atoms with Crippen molar-refractivity contribution in [3.63, 3.8) is 0 Å². The van der Waals surface area contributed by atoms with Crippen molar-refractivity contribution < 1.29 is 0 Å². The number of aromatic nitrogens is 4. The lowest BCUT2D eigenvalue weighted by molar-refractivity contribution is 0.554. The summed E-state index contributed by atoms with van der Waals surface area (Å²) in [4.78, 5) is 6.52. The molecule has 0 saturated carbocycles. The molecule has 0 fully saturated rings.